The van der Waals surface area contributed by atoms with E-state index in [2.05, 4.69) is 5.32 Å². The van der Waals surface area contributed by atoms with Gasteiger partial charge in [-0.05, 0) is 41.8 Å². The Hall–Kier alpha value is -3.07. The number of methoxy groups -OCH3 is 1. The van der Waals surface area contributed by atoms with Gasteiger partial charge in [0, 0.05) is 5.56 Å². The molecule has 0 aliphatic heterocycles. The topological polar surface area (TPSA) is 38.3 Å². The molecular weight excluding hydrogens is 298 g/mol. The molecule has 24 heavy (non-hydrogen) atoms. The third-order valence-corrected chi connectivity index (χ3v) is 3.86. The van der Waals surface area contributed by atoms with E-state index in [0.717, 1.165) is 16.7 Å². The number of nitrogens with one attached hydrogen (secondary N) is 1. The van der Waals surface area contributed by atoms with Gasteiger partial charge in [0.2, 0.25) is 0 Å². The average Bonchev–Trinajstić information content (AvgIpc) is 2.62. The van der Waals surface area contributed by atoms with Gasteiger partial charge < -0.3 is 10.1 Å². The van der Waals surface area contributed by atoms with Crippen molar-refractivity contribution in [1.82, 2.24) is 0 Å². The summed E-state index contributed by atoms with van der Waals surface area (Å²) in [5.41, 5.74) is 4.28. The van der Waals surface area contributed by atoms with Crippen LogP contribution >= 0.6 is 0 Å². The maximum absolute atomic E-state index is 12.8. The van der Waals surface area contributed by atoms with E-state index in [1.54, 1.807) is 7.11 Å². The highest BCUT2D eigenvalue weighted by atomic mass is 16.5. The summed E-state index contributed by atoms with van der Waals surface area (Å²) in [4.78, 5) is 12.8. The van der Waals surface area contributed by atoms with Crippen molar-refractivity contribution in [3.05, 3.63) is 83.9 Å². The van der Waals surface area contributed by atoms with Gasteiger partial charge in [-0.25, -0.2) is 0 Å². The first kappa shape index (κ1) is 15.8. The predicted molar refractivity (Wildman–Crippen MR) is 97.6 cm³/mol. The molecule has 0 heterocycles. The van der Waals surface area contributed by atoms with Crippen molar-refractivity contribution in [2.24, 2.45) is 0 Å². The van der Waals surface area contributed by atoms with Crippen molar-refractivity contribution in [3.8, 4) is 16.9 Å². The molecule has 0 atom stereocenters. The molecule has 0 saturated carbocycles. The quantitative estimate of drug-likeness (QED) is 0.741. The van der Waals surface area contributed by atoms with Gasteiger partial charge >= 0.3 is 0 Å². The Balaban J connectivity index is 1.96. The molecule has 0 aliphatic rings. The first-order valence-corrected chi connectivity index (χ1v) is 7.79. The van der Waals surface area contributed by atoms with E-state index < -0.39 is 0 Å². The average molecular weight is 317 g/mol. The fourth-order valence-electron chi connectivity index (χ4n) is 2.66. The molecule has 0 unspecified atom stereocenters. The lowest BCUT2D eigenvalue weighted by Gasteiger charge is -2.13. The monoisotopic (exact) mass is 317 g/mol. The Bertz CT molecular complexity index is 857. The van der Waals surface area contributed by atoms with Crippen LogP contribution in [0.5, 0.6) is 5.75 Å². The molecular formula is C21H19NO2. The van der Waals surface area contributed by atoms with Crippen LogP contribution in [0.25, 0.3) is 11.1 Å². The molecule has 120 valence electrons. The molecule has 3 nitrogen and oxygen atoms in total. The molecule has 3 aromatic rings. The number of aryl methyl sites for hydroxylation is 1. The highest BCUT2D eigenvalue weighted by Crippen LogP contribution is 2.28. The van der Waals surface area contributed by atoms with Crippen molar-refractivity contribution in [2.45, 2.75) is 6.92 Å². The molecule has 0 bridgehead atoms. The summed E-state index contributed by atoms with van der Waals surface area (Å²) in [6.45, 7) is 1.98. The summed E-state index contributed by atoms with van der Waals surface area (Å²) in [6, 6.07) is 23.2. The van der Waals surface area contributed by atoms with Crippen LogP contribution in [0.15, 0.2) is 72.8 Å². The van der Waals surface area contributed by atoms with E-state index in [0.29, 0.717) is 17.0 Å². The van der Waals surface area contributed by atoms with E-state index in [1.165, 1.54) is 0 Å². The molecule has 0 fully saturated rings. The van der Waals surface area contributed by atoms with E-state index in [-0.39, 0.29) is 5.91 Å². The van der Waals surface area contributed by atoms with Crippen molar-refractivity contribution in [1.29, 1.82) is 0 Å². The number of hydrogen-bond donors (Lipinski definition) is 1. The zero-order valence-electron chi connectivity index (χ0n) is 13.7. The molecule has 3 aromatic carbocycles. The minimum atomic E-state index is -0.154. The van der Waals surface area contributed by atoms with E-state index >= 15 is 0 Å². The third-order valence-electron chi connectivity index (χ3n) is 3.86. The van der Waals surface area contributed by atoms with Gasteiger partial charge in [0.25, 0.3) is 5.91 Å². The van der Waals surface area contributed by atoms with Crippen molar-refractivity contribution >= 4 is 11.6 Å². The number of ether oxygens (including phenoxy) is 1. The number of hydrogen-bond acceptors (Lipinski definition) is 2. The summed E-state index contributed by atoms with van der Waals surface area (Å²) in [5.74, 6) is 0.490. The lowest BCUT2D eigenvalue weighted by Crippen LogP contribution is -2.14. The number of rotatable bonds is 4. The number of amides is 1. The number of benzene rings is 3. The SMILES string of the molecule is COc1ccc(C)cc1NC(=O)c1ccccc1-c1ccccc1. The maximum Gasteiger partial charge on any atom is 0.256 e. The highest BCUT2D eigenvalue weighted by Gasteiger charge is 2.14. The Kier molecular flexibility index (Phi) is 4.62. The minimum Gasteiger partial charge on any atom is -0.495 e. The van der Waals surface area contributed by atoms with E-state index in [4.69, 9.17) is 4.74 Å². The lowest BCUT2D eigenvalue weighted by molar-refractivity contribution is 0.102. The van der Waals surface area contributed by atoms with Crippen LogP contribution in [0.1, 0.15) is 15.9 Å². The third kappa shape index (κ3) is 3.30. The lowest BCUT2D eigenvalue weighted by atomic mass is 9.99. The fourth-order valence-corrected chi connectivity index (χ4v) is 2.66. The molecule has 1 N–H and O–H groups in total. The van der Waals surface area contributed by atoms with Crippen LogP contribution in [0.4, 0.5) is 5.69 Å². The van der Waals surface area contributed by atoms with Gasteiger partial charge in [0.1, 0.15) is 5.75 Å². The number of carbonyl (C=O) groups excluding carboxylic acids is 1. The maximum atomic E-state index is 12.8. The van der Waals surface area contributed by atoms with E-state index in [9.17, 15) is 4.79 Å². The second-order valence-corrected chi connectivity index (χ2v) is 5.57. The molecule has 1 amide bonds. The van der Waals surface area contributed by atoms with Gasteiger partial charge in [-0.1, -0.05) is 54.6 Å². The van der Waals surface area contributed by atoms with Crippen LogP contribution in [0.3, 0.4) is 0 Å². The first-order chi connectivity index (χ1) is 11.7. The fraction of sp³-hybridized carbons (Fsp3) is 0.0952. The second kappa shape index (κ2) is 7.01. The van der Waals surface area contributed by atoms with Crippen molar-refractivity contribution < 1.29 is 9.53 Å². The Morgan fingerprint density at radius 2 is 1.62 bits per heavy atom. The molecule has 0 spiro atoms. The minimum absolute atomic E-state index is 0.154. The molecule has 0 aliphatic carbocycles. The van der Waals surface area contributed by atoms with Gasteiger partial charge in [0.05, 0.1) is 12.8 Å². The molecule has 3 rings (SSSR count). The van der Waals surface area contributed by atoms with E-state index in [1.807, 2.05) is 79.7 Å². The zero-order valence-corrected chi connectivity index (χ0v) is 13.7. The van der Waals surface area contributed by atoms with Crippen LogP contribution in [0.2, 0.25) is 0 Å². The number of carbonyl (C=O) groups is 1. The second-order valence-electron chi connectivity index (χ2n) is 5.57. The summed E-state index contributed by atoms with van der Waals surface area (Å²) in [6.07, 6.45) is 0. The standard InChI is InChI=1S/C21H19NO2/c1-15-12-13-20(24-2)19(14-15)22-21(23)18-11-7-6-10-17(18)16-8-4-3-5-9-16/h3-14H,1-2H3,(H,22,23). The van der Waals surface area contributed by atoms with Crippen LogP contribution in [0, 0.1) is 6.92 Å². The van der Waals surface area contributed by atoms with Gasteiger partial charge in [-0.15, -0.1) is 0 Å². The van der Waals surface area contributed by atoms with Gasteiger partial charge in [-0.3, -0.25) is 4.79 Å². The molecule has 0 saturated heterocycles. The largest absolute Gasteiger partial charge is 0.495 e. The normalized spacial score (nSPS) is 10.2. The summed E-state index contributed by atoms with van der Waals surface area (Å²) in [5, 5.41) is 2.96. The Morgan fingerprint density at radius 1 is 0.917 bits per heavy atom. The zero-order chi connectivity index (χ0) is 16.9. The highest BCUT2D eigenvalue weighted by molar-refractivity contribution is 6.09. The summed E-state index contributed by atoms with van der Waals surface area (Å²) < 4.78 is 5.34. The van der Waals surface area contributed by atoms with Crippen molar-refractivity contribution in [2.75, 3.05) is 12.4 Å². The first-order valence-electron chi connectivity index (χ1n) is 7.79. The smallest absolute Gasteiger partial charge is 0.256 e. The Labute approximate surface area is 141 Å². The Morgan fingerprint density at radius 3 is 2.38 bits per heavy atom. The molecule has 0 radical (unpaired) electrons. The van der Waals surface area contributed by atoms with Crippen LogP contribution < -0.4 is 10.1 Å². The number of anilines is 1. The van der Waals surface area contributed by atoms with Gasteiger partial charge in [0.15, 0.2) is 0 Å². The summed E-state index contributed by atoms with van der Waals surface area (Å²) >= 11 is 0. The molecule has 3 heteroatoms. The molecule has 0 aromatic heterocycles. The summed E-state index contributed by atoms with van der Waals surface area (Å²) in [7, 11) is 1.60. The van der Waals surface area contributed by atoms with Crippen LogP contribution in [-0.4, -0.2) is 13.0 Å². The van der Waals surface area contributed by atoms with Gasteiger partial charge in [-0.2, -0.15) is 0 Å². The van der Waals surface area contributed by atoms with Crippen LogP contribution in [-0.2, 0) is 0 Å². The predicted octanol–water partition coefficient (Wildman–Crippen LogP) is 4.92. The van der Waals surface area contributed by atoms with Crippen molar-refractivity contribution in [3.63, 3.8) is 0 Å².